The summed E-state index contributed by atoms with van der Waals surface area (Å²) >= 11 is 3.27. The highest BCUT2D eigenvalue weighted by Crippen LogP contribution is 2.30. The van der Waals surface area contributed by atoms with Crippen LogP contribution in [0.3, 0.4) is 0 Å². The topological polar surface area (TPSA) is 13.1 Å². The lowest BCUT2D eigenvalue weighted by atomic mass is 9.89. The highest BCUT2D eigenvalue weighted by atomic mass is 79.9. The Morgan fingerprint density at radius 3 is 2.50 bits per heavy atom. The Hall–Kier alpha value is -0.680. The molecule has 0 amide bonds. The Balaban J connectivity index is 3.21. The van der Waals surface area contributed by atoms with Crippen LogP contribution < -0.4 is 0 Å². The maximum atomic E-state index is 5.44. The van der Waals surface area contributed by atoms with Crippen molar-refractivity contribution in [2.45, 2.75) is 26.2 Å². The van der Waals surface area contributed by atoms with Crippen molar-refractivity contribution >= 4 is 15.9 Å². The molecule has 1 nitrogen and oxygen atoms in total. The van der Waals surface area contributed by atoms with Crippen LogP contribution in [0.5, 0.6) is 0 Å². The highest BCUT2D eigenvalue weighted by molar-refractivity contribution is 9.10. The van der Waals surface area contributed by atoms with Gasteiger partial charge in [0.2, 0.25) is 0 Å². The molecular weight excluding hydrogens is 216 g/mol. The van der Waals surface area contributed by atoms with Crippen molar-refractivity contribution in [1.29, 1.82) is 0 Å². The maximum Gasteiger partial charge on any atom is 0.169 e. The first-order valence-corrected chi connectivity index (χ1v) is 4.51. The molecule has 64 valence electrons. The SMILES string of the molecule is C#CC(C)(C)c1oc(Br)cc1C. The third-order valence-corrected chi connectivity index (χ3v) is 2.21. The van der Waals surface area contributed by atoms with Crippen LogP contribution >= 0.6 is 15.9 Å². The maximum absolute atomic E-state index is 5.44. The summed E-state index contributed by atoms with van der Waals surface area (Å²) in [6.45, 7) is 5.92. The minimum Gasteiger partial charge on any atom is -0.452 e. The summed E-state index contributed by atoms with van der Waals surface area (Å²) < 4.78 is 6.18. The molecule has 0 N–H and O–H groups in total. The van der Waals surface area contributed by atoms with E-state index < -0.39 is 0 Å². The van der Waals surface area contributed by atoms with Gasteiger partial charge in [-0.15, -0.1) is 6.42 Å². The first kappa shape index (κ1) is 9.41. The van der Waals surface area contributed by atoms with Crippen LogP contribution in [0.15, 0.2) is 15.2 Å². The summed E-state index contributed by atoms with van der Waals surface area (Å²) in [5.41, 5.74) is 0.764. The van der Waals surface area contributed by atoms with Gasteiger partial charge in [0.25, 0.3) is 0 Å². The van der Waals surface area contributed by atoms with Crippen molar-refractivity contribution in [2.75, 3.05) is 0 Å². The molecule has 1 heterocycles. The number of terminal acetylenes is 1. The van der Waals surface area contributed by atoms with Gasteiger partial charge in [-0.3, -0.25) is 0 Å². The van der Waals surface area contributed by atoms with Crippen LogP contribution in [0.25, 0.3) is 0 Å². The van der Waals surface area contributed by atoms with Crippen molar-refractivity contribution in [2.24, 2.45) is 0 Å². The summed E-state index contributed by atoms with van der Waals surface area (Å²) in [6, 6.07) is 1.93. The van der Waals surface area contributed by atoms with Crippen molar-refractivity contribution in [1.82, 2.24) is 0 Å². The molecule has 1 rings (SSSR count). The molecule has 0 aliphatic heterocycles. The predicted molar refractivity (Wildman–Crippen MR) is 53.0 cm³/mol. The summed E-state index contributed by atoms with van der Waals surface area (Å²) in [5, 5.41) is 0. The number of hydrogen-bond acceptors (Lipinski definition) is 1. The molecule has 12 heavy (non-hydrogen) atoms. The summed E-state index contributed by atoms with van der Waals surface area (Å²) in [4.78, 5) is 0. The van der Waals surface area contributed by atoms with Crippen molar-refractivity contribution in [3.05, 3.63) is 22.1 Å². The predicted octanol–water partition coefficient (Wildman–Crippen LogP) is 3.26. The molecule has 0 unspecified atom stereocenters. The molecule has 0 saturated carbocycles. The Morgan fingerprint density at radius 1 is 1.58 bits per heavy atom. The monoisotopic (exact) mass is 226 g/mol. The van der Waals surface area contributed by atoms with Gasteiger partial charge in [0, 0.05) is 0 Å². The van der Waals surface area contributed by atoms with Crippen LogP contribution in [0, 0.1) is 19.3 Å². The van der Waals surface area contributed by atoms with Gasteiger partial charge in [-0.25, -0.2) is 0 Å². The quantitative estimate of drug-likeness (QED) is 0.671. The number of aryl methyl sites for hydroxylation is 1. The van der Waals surface area contributed by atoms with E-state index >= 15 is 0 Å². The van der Waals surface area contributed by atoms with Crippen LogP contribution in [0.2, 0.25) is 0 Å². The number of hydrogen-bond donors (Lipinski definition) is 0. The fourth-order valence-electron chi connectivity index (χ4n) is 1.13. The van der Waals surface area contributed by atoms with E-state index in [1.807, 2.05) is 26.8 Å². The second kappa shape index (κ2) is 2.99. The molecule has 0 radical (unpaired) electrons. The van der Waals surface area contributed by atoms with Crippen LogP contribution in [-0.2, 0) is 5.41 Å². The van der Waals surface area contributed by atoms with E-state index in [0.717, 1.165) is 16.0 Å². The summed E-state index contributed by atoms with van der Waals surface area (Å²) in [5.74, 6) is 3.56. The Kier molecular flexibility index (Phi) is 2.34. The van der Waals surface area contributed by atoms with E-state index in [2.05, 4.69) is 21.9 Å². The Bertz CT molecular complexity index is 328. The van der Waals surface area contributed by atoms with E-state index in [9.17, 15) is 0 Å². The van der Waals surface area contributed by atoms with Gasteiger partial charge in [-0.2, -0.15) is 0 Å². The molecule has 0 saturated heterocycles. The second-order valence-electron chi connectivity index (χ2n) is 3.33. The fraction of sp³-hybridized carbons (Fsp3) is 0.400. The lowest BCUT2D eigenvalue weighted by Gasteiger charge is -2.14. The van der Waals surface area contributed by atoms with E-state index in [0.29, 0.717) is 0 Å². The smallest absolute Gasteiger partial charge is 0.169 e. The minimum absolute atomic E-state index is 0.323. The third kappa shape index (κ3) is 1.56. The van der Waals surface area contributed by atoms with E-state index in [1.165, 1.54) is 0 Å². The fourth-order valence-corrected chi connectivity index (χ4v) is 1.63. The van der Waals surface area contributed by atoms with Crippen LogP contribution in [-0.4, -0.2) is 0 Å². The molecule has 1 aromatic rings. The number of halogens is 1. The van der Waals surface area contributed by atoms with Crippen LogP contribution in [0.1, 0.15) is 25.2 Å². The molecule has 2 heteroatoms. The summed E-state index contributed by atoms with van der Waals surface area (Å²) in [6.07, 6.45) is 5.39. The van der Waals surface area contributed by atoms with Crippen molar-refractivity contribution < 1.29 is 4.42 Å². The normalized spacial score (nSPS) is 11.2. The van der Waals surface area contributed by atoms with Gasteiger partial charge < -0.3 is 4.42 Å². The molecule has 0 aliphatic rings. The number of rotatable bonds is 1. The van der Waals surface area contributed by atoms with Crippen molar-refractivity contribution in [3.63, 3.8) is 0 Å². The molecule has 0 atom stereocenters. The van der Waals surface area contributed by atoms with Gasteiger partial charge in [0.15, 0.2) is 4.67 Å². The molecule has 0 spiro atoms. The lowest BCUT2D eigenvalue weighted by molar-refractivity contribution is 0.428. The summed E-state index contributed by atoms with van der Waals surface area (Å²) in [7, 11) is 0. The zero-order valence-electron chi connectivity index (χ0n) is 7.44. The largest absolute Gasteiger partial charge is 0.452 e. The van der Waals surface area contributed by atoms with Gasteiger partial charge in [-0.05, 0) is 48.3 Å². The third-order valence-electron chi connectivity index (χ3n) is 1.82. The first-order valence-electron chi connectivity index (χ1n) is 3.71. The highest BCUT2D eigenvalue weighted by Gasteiger charge is 2.23. The van der Waals surface area contributed by atoms with Crippen molar-refractivity contribution in [3.8, 4) is 12.3 Å². The molecule has 0 aliphatic carbocycles. The zero-order chi connectivity index (χ0) is 9.35. The first-order chi connectivity index (χ1) is 5.47. The molecule has 0 bridgehead atoms. The molecule has 0 fully saturated rings. The number of furan rings is 1. The standard InChI is InChI=1S/C10H11BrO/c1-5-10(3,4)9-7(2)6-8(11)12-9/h1,6H,2-4H3. The van der Waals surface area contributed by atoms with E-state index in [1.54, 1.807) is 0 Å². The molecular formula is C10H11BrO. The average molecular weight is 227 g/mol. The van der Waals surface area contributed by atoms with E-state index in [-0.39, 0.29) is 5.41 Å². The lowest BCUT2D eigenvalue weighted by Crippen LogP contribution is -2.13. The second-order valence-corrected chi connectivity index (χ2v) is 4.11. The van der Waals surface area contributed by atoms with Gasteiger partial charge >= 0.3 is 0 Å². The van der Waals surface area contributed by atoms with Crippen LogP contribution in [0.4, 0.5) is 0 Å². The minimum atomic E-state index is -0.323. The molecule has 1 aromatic heterocycles. The average Bonchev–Trinajstić information content (AvgIpc) is 2.31. The molecule has 0 aromatic carbocycles. The Morgan fingerprint density at radius 2 is 2.17 bits per heavy atom. The van der Waals surface area contributed by atoms with Gasteiger partial charge in [-0.1, -0.05) is 5.92 Å². The Labute approximate surface area is 81.3 Å². The van der Waals surface area contributed by atoms with E-state index in [4.69, 9.17) is 10.8 Å². The van der Waals surface area contributed by atoms with Gasteiger partial charge in [0.1, 0.15) is 5.76 Å². The zero-order valence-corrected chi connectivity index (χ0v) is 9.03. The van der Waals surface area contributed by atoms with Gasteiger partial charge in [0.05, 0.1) is 5.41 Å².